The van der Waals surface area contributed by atoms with Crippen molar-refractivity contribution in [2.75, 3.05) is 12.0 Å². The van der Waals surface area contributed by atoms with Crippen molar-refractivity contribution in [1.29, 1.82) is 0 Å². The lowest BCUT2D eigenvalue weighted by Gasteiger charge is -2.20. The molecule has 1 nitrogen and oxygen atoms in total. The first kappa shape index (κ1) is 11.4. The van der Waals surface area contributed by atoms with Gasteiger partial charge in [0, 0.05) is 0 Å². The number of aliphatic hydroxyl groups is 1. The van der Waals surface area contributed by atoms with Crippen molar-refractivity contribution in [1.82, 2.24) is 0 Å². The highest BCUT2D eigenvalue weighted by atomic mass is 32.2. The summed E-state index contributed by atoms with van der Waals surface area (Å²) in [5.41, 5.74) is 0. The molecule has 1 saturated carbocycles. The van der Waals surface area contributed by atoms with Gasteiger partial charge in [0.1, 0.15) is 0 Å². The molecule has 0 spiro atoms. The lowest BCUT2D eigenvalue weighted by atomic mass is 9.92. The number of thioether (sulfide) groups is 1. The van der Waals surface area contributed by atoms with E-state index in [1.165, 1.54) is 38.5 Å². The minimum Gasteiger partial charge on any atom is -0.393 e. The van der Waals surface area contributed by atoms with Crippen LogP contribution in [0.1, 0.15) is 44.9 Å². The van der Waals surface area contributed by atoms with Gasteiger partial charge in [0.15, 0.2) is 0 Å². The van der Waals surface area contributed by atoms with Crippen LogP contribution in [-0.2, 0) is 0 Å². The van der Waals surface area contributed by atoms with Gasteiger partial charge in [-0.2, -0.15) is 11.8 Å². The fraction of sp³-hybridized carbons (Fsp3) is 1.00. The highest BCUT2D eigenvalue weighted by molar-refractivity contribution is 7.98. The lowest BCUT2D eigenvalue weighted by molar-refractivity contribution is 0.0959. The molecule has 0 bridgehead atoms. The van der Waals surface area contributed by atoms with E-state index < -0.39 is 0 Å². The zero-order chi connectivity index (χ0) is 9.52. The summed E-state index contributed by atoms with van der Waals surface area (Å²) in [4.78, 5) is 0. The molecule has 1 rings (SSSR count). The molecule has 1 aliphatic carbocycles. The zero-order valence-corrected chi connectivity index (χ0v) is 9.48. The van der Waals surface area contributed by atoms with Crippen LogP contribution < -0.4 is 0 Å². The molecule has 1 unspecified atom stereocenters. The zero-order valence-electron chi connectivity index (χ0n) is 8.67. The lowest BCUT2D eigenvalue weighted by Crippen LogP contribution is -2.20. The van der Waals surface area contributed by atoms with Crippen LogP contribution in [0.2, 0.25) is 0 Å². The molecule has 0 aromatic rings. The highest BCUT2D eigenvalue weighted by Crippen LogP contribution is 2.27. The van der Waals surface area contributed by atoms with Crippen molar-refractivity contribution in [2.45, 2.75) is 51.0 Å². The van der Waals surface area contributed by atoms with E-state index in [0.29, 0.717) is 5.92 Å². The van der Waals surface area contributed by atoms with Gasteiger partial charge in [-0.15, -0.1) is 0 Å². The van der Waals surface area contributed by atoms with Crippen LogP contribution in [0.15, 0.2) is 0 Å². The third-order valence-electron chi connectivity index (χ3n) is 3.06. The predicted molar refractivity (Wildman–Crippen MR) is 60.2 cm³/mol. The van der Waals surface area contributed by atoms with Crippen molar-refractivity contribution in [3.05, 3.63) is 0 Å². The van der Waals surface area contributed by atoms with E-state index in [9.17, 15) is 5.11 Å². The molecule has 2 heteroatoms. The smallest absolute Gasteiger partial charge is 0.0576 e. The van der Waals surface area contributed by atoms with Crippen molar-refractivity contribution < 1.29 is 5.11 Å². The topological polar surface area (TPSA) is 20.2 Å². The molecule has 0 aliphatic heterocycles. The van der Waals surface area contributed by atoms with Gasteiger partial charge in [-0.25, -0.2) is 0 Å². The van der Waals surface area contributed by atoms with Crippen LogP contribution >= 0.6 is 11.8 Å². The van der Waals surface area contributed by atoms with Gasteiger partial charge in [-0.3, -0.25) is 0 Å². The molecule has 0 aromatic heterocycles. The van der Waals surface area contributed by atoms with Crippen LogP contribution in [0, 0.1) is 5.92 Å². The number of hydrogen-bond donors (Lipinski definition) is 1. The summed E-state index contributed by atoms with van der Waals surface area (Å²) in [7, 11) is 0. The Hall–Kier alpha value is 0.310. The van der Waals surface area contributed by atoms with E-state index >= 15 is 0 Å². The summed E-state index contributed by atoms with van der Waals surface area (Å²) in [5, 5.41) is 9.92. The second kappa shape index (κ2) is 6.72. The van der Waals surface area contributed by atoms with Crippen molar-refractivity contribution >= 4 is 11.8 Å². The van der Waals surface area contributed by atoms with Gasteiger partial charge in [-0.1, -0.05) is 25.7 Å². The van der Waals surface area contributed by atoms with E-state index in [-0.39, 0.29) is 6.10 Å². The van der Waals surface area contributed by atoms with Crippen LogP contribution in [0.5, 0.6) is 0 Å². The molecular weight excluding hydrogens is 180 g/mol. The SMILES string of the molecule is CSCCC(O)C1CCCCCC1. The van der Waals surface area contributed by atoms with Crippen LogP contribution in [0.4, 0.5) is 0 Å². The van der Waals surface area contributed by atoms with Crippen LogP contribution in [-0.4, -0.2) is 23.2 Å². The molecular formula is C11H22OS. The Morgan fingerprint density at radius 2 is 1.85 bits per heavy atom. The average Bonchev–Trinajstić information content (AvgIpc) is 2.42. The van der Waals surface area contributed by atoms with E-state index in [4.69, 9.17) is 0 Å². The molecule has 0 radical (unpaired) electrons. The maximum absolute atomic E-state index is 9.92. The van der Waals surface area contributed by atoms with Gasteiger partial charge >= 0.3 is 0 Å². The van der Waals surface area contributed by atoms with E-state index in [2.05, 4.69) is 6.26 Å². The minimum absolute atomic E-state index is 0.0226. The summed E-state index contributed by atoms with van der Waals surface area (Å²) in [6.45, 7) is 0. The number of aliphatic hydroxyl groups excluding tert-OH is 1. The van der Waals surface area contributed by atoms with Crippen molar-refractivity contribution in [3.63, 3.8) is 0 Å². The second-order valence-corrected chi connectivity index (χ2v) is 5.09. The largest absolute Gasteiger partial charge is 0.393 e. The fourth-order valence-electron chi connectivity index (χ4n) is 2.17. The third kappa shape index (κ3) is 4.37. The average molecular weight is 202 g/mol. The molecule has 13 heavy (non-hydrogen) atoms. The number of hydrogen-bond acceptors (Lipinski definition) is 2. The van der Waals surface area contributed by atoms with E-state index in [1.807, 2.05) is 11.8 Å². The monoisotopic (exact) mass is 202 g/mol. The molecule has 0 aromatic carbocycles. The molecule has 0 amide bonds. The maximum atomic E-state index is 9.92. The Balaban J connectivity index is 2.22. The molecule has 0 saturated heterocycles. The standard InChI is InChI=1S/C11H22OS/c1-13-9-8-11(12)10-6-4-2-3-5-7-10/h10-12H,2-9H2,1H3. The summed E-state index contributed by atoms with van der Waals surface area (Å²) >= 11 is 1.84. The minimum atomic E-state index is -0.0226. The van der Waals surface area contributed by atoms with Gasteiger partial charge < -0.3 is 5.11 Å². The predicted octanol–water partition coefficient (Wildman–Crippen LogP) is 3.07. The quantitative estimate of drug-likeness (QED) is 0.707. The first-order valence-corrected chi connectivity index (χ1v) is 6.91. The molecule has 78 valence electrons. The molecule has 0 heterocycles. The molecule has 1 atom stereocenters. The summed E-state index contributed by atoms with van der Waals surface area (Å²) in [5.74, 6) is 1.71. The van der Waals surface area contributed by atoms with Gasteiger partial charge in [-0.05, 0) is 37.2 Å². The Morgan fingerprint density at radius 1 is 1.23 bits per heavy atom. The van der Waals surface area contributed by atoms with E-state index in [1.54, 1.807) is 0 Å². The van der Waals surface area contributed by atoms with Crippen LogP contribution in [0.25, 0.3) is 0 Å². The summed E-state index contributed by atoms with van der Waals surface area (Å²) in [6, 6.07) is 0. The number of rotatable bonds is 4. The normalized spacial score (nSPS) is 22.6. The van der Waals surface area contributed by atoms with Gasteiger partial charge in [0.05, 0.1) is 6.10 Å². The first-order valence-electron chi connectivity index (χ1n) is 5.51. The summed E-state index contributed by atoms with van der Waals surface area (Å²) in [6.07, 6.45) is 11.0. The van der Waals surface area contributed by atoms with Crippen molar-refractivity contribution in [2.24, 2.45) is 5.92 Å². The Bertz CT molecular complexity index is 119. The second-order valence-electron chi connectivity index (χ2n) is 4.10. The Kier molecular flexibility index (Phi) is 5.88. The Labute approximate surface area is 86.3 Å². The molecule has 1 aliphatic rings. The Morgan fingerprint density at radius 3 is 2.38 bits per heavy atom. The van der Waals surface area contributed by atoms with E-state index in [0.717, 1.165) is 12.2 Å². The molecule has 1 fully saturated rings. The highest BCUT2D eigenvalue weighted by Gasteiger charge is 2.19. The third-order valence-corrected chi connectivity index (χ3v) is 3.71. The molecule has 1 N–H and O–H groups in total. The van der Waals surface area contributed by atoms with Crippen LogP contribution in [0.3, 0.4) is 0 Å². The maximum Gasteiger partial charge on any atom is 0.0576 e. The van der Waals surface area contributed by atoms with Gasteiger partial charge in [0.2, 0.25) is 0 Å². The van der Waals surface area contributed by atoms with Gasteiger partial charge in [0.25, 0.3) is 0 Å². The summed E-state index contributed by atoms with van der Waals surface area (Å²) < 4.78 is 0. The fourth-order valence-corrected chi connectivity index (χ4v) is 2.65. The first-order chi connectivity index (χ1) is 6.34. The van der Waals surface area contributed by atoms with Crippen molar-refractivity contribution in [3.8, 4) is 0 Å².